The summed E-state index contributed by atoms with van der Waals surface area (Å²) in [5.41, 5.74) is 1.74. The van der Waals surface area contributed by atoms with E-state index >= 15 is 0 Å². The van der Waals surface area contributed by atoms with Crippen molar-refractivity contribution in [2.45, 2.75) is 31.6 Å². The number of nitrogens with zero attached hydrogens (tertiary/aromatic N) is 2. The molecule has 1 fully saturated rings. The molecule has 0 saturated heterocycles. The van der Waals surface area contributed by atoms with E-state index in [1.165, 1.54) is 6.20 Å². The zero-order valence-electron chi connectivity index (χ0n) is 13.9. The van der Waals surface area contributed by atoms with Crippen molar-refractivity contribution >= 4 is 23.2 Å². The maximum atomic E-state index is 12.5. The summed E-state index contributed by atoms with van der Waals surface area (Å²) < 4.78 is 7.55. The molecule has 0 radical (unpaired) electrons. The number of hydrogen-bond donors (Lipinski definition) is 2. The maximum Gasteiger partial charge on any atom is 0.270 e. The number of aliphatic hydroxyl groups is 1. The van der Waals surface area contributed by atoms with Crippen molar-refractivity contribution in [1.82, 2.24) is 14.7 Å². The molecule has 0 spiro atoms. The minimum absolute atomic E-state index is 0.0753. The van der Waals surface area contributed by atoms with Gasteiger partial charge in [0, 0.05) is 35.7 Å². The zero-order chi connectivity index (χ0) is 18.1. The van der Waals surface area contributed by atoms with Gasteiger partial charge in [-0.1, -0.05) is 17.7 Å². The number of aromatic nitrogens is 2. The van der Waals surface area contributed by atoms with Crippen molar-refractivity contribution in [3.63, 3.8) is 0 Å². The van der Waals surface area contributed by atoms with Gasteiger partial charge in [-0.05, 0) is 30.3 Å². The number of carbonyl (C=O) groups excluding carboxylic acids is 1. The van der Waals surface area contributed by atoms with E-state index in [1.807, 2.05) is 12.1 Å². The number of nitrogens with one attached hydrogen (secondary N) is 1. The largest absolute Gasteiger partial charge is 0.490 e. The molecule has 1 saturated carbocycles. The second-order valence-electron chi connectivity index (χ2n) is 6.36. The second kappa shape index (κ2) is 6.97. The molecule has 1 aliphatic rings. The van der Waals surface area contributed by atoms with Crippen LogP contribution in [0.5, 0.6) is 5.75 Å². The number of aliphatic hydroxyl groups excluding tert-OH is 1. The third-order valence-electron chi connectivity index (χ3n) is 4.57. The van der Waals surface area contributed by atoms with E-state index in [0.29, 0.717) is 21.9 Å². The summed E-state index contributed by atoms with van der Waals surface area (Å²) in [5, 5.41) is 13.1. The van der Waals surface area contributed by atoms with Crippen molar-refractivity contribution in [2.75, 3.05) is 0 Å². The Morgan fingerprint density at radius 1 is 1.31 bits per heavy atom. The number of imidazole rings is 1. The van der Waals surface area contributed by atoms with E-state index < -0.39 is 0 Å². The minimum Gasteiger partial charge on any atom is -0.490 e. The highest BCUT2D eigenvalue weighted by Gasteiger charge is 2.32. The monoisotopic (exact) mass is 371 g/mol. The lowest BCUT2D eigenvalue weighted by Gasteiger charge is -2.35. The molecular formula is C19H18ClN3O3. The molecule has 6 nitrogen and oxygen atoms in total. The van der Waals surface area contributed by atoms with E-state index in [1.54, 1.807) is 34.9 Å². The summed E-state index contributed by atoms with van der Waals surface area (Å²) in [5.74, 6) is 0.602. The van der Waals surface area contributed by atoms with Crippen molar-refractivity contribution < 1.29 is 14.6 Å². The van der Waals surface area contributed by atoms with E-state index in [0.717, 1.165) is 18.6 Å². The number of amides is 1. The van der Waals surface area contributed by atoms with Gasteiger partial charge in [0.2, 0.25) is 0 Å². The summed E-state index contributed by atoms with van der Waals surface area (Å²) in [6.07, 6.45) is 4.90. The van der Waals surface area contributed by atoms with Gasteiger partial charge in [-0.3, -0.25) is 9.20 Å². The molecule has 1 aliphatic carbocycles. The average molecular weight is 372 g/mol. The number of rotatable bonds is 5. The van der Waals surface area contributed by atoms with Crippen LogP contribution in [0, 0.1) is 0 Å². The van der Waals surface area contributed by atoms with Crippen LogP contribution in [0.25, 0.3) is 5.65 Å². The van der Waals surface area contributed by atoms with Gasteiger partial charge in [0.15, 0.2) is 0 Å². The molecule has 2 aromatic heterocycles. The zero-order valence-corrected chi connectivity index (χ0v) is 14.7. The second-order valence-corrected chi connectivity index (χ2v) is 6.80. The van der Waals surface area contributed by atoms with Crippen molar-refractivity contribution in [1.29, 1.82) is 0 Å². The van der Waals surface area contributed by atoms with E-state index in [2.05, 4.69) is 10.3 Å². The maximum absolute atomic E-state index is 12.5. The molecule has 134 valence electrons. The Morgan fingerprint density at radius 2 is 2.08 bits per heavy atom. The van der Waals surface area contributed by atoms with Gasteiger partial charge in [0.05, 0.1) is 12.8 Å². The fourth-order valence-electron chi connectivity index (χ4n) is 3.11. The normalized spacial score (nSPS) is 19.2. The Balaban J connectivity index is 1.36. The fourth-order valence-corrected chi connectivity index (χ4v) is 3.23. The van der Waals surface area contributed by atoms with Crippen molar-refractivity contribution in [3.8, 4) is 5.75 Å². The van der Waals surface area contributed by atoms with Crippen LogP contribution in [0.2, 0.25) is 5.02 Å². The third kappa shape index (κ3) is 3.25. The van der Waals surface area contributed by atoms with Crippen LogP contribution in [0.1, 0.15) is 28.9 Å². The number of benzene rings is 1. The molecule has 2 heterocycles. The summed E-state index contributed by atoms with van der Waals surface area (Å²) in [6, 6.07) is 10.9. The number of pyridine rings is 1. The lowest BCUT2D eigenvalue weighted by molar-refractivity contribution is 0.0697. The Morgan fingerprint density at radius 3 is 2.81 bits per heavy atom. The summed E-state index contributed by atoms with van der Waals surface area (Å²) in [4.78, 5) is 16.8. The van der Waals surface area contributed by atoms with Gasteiger partial charge in [-0.25, -0.2) is 4.98 Å². The molecule has 7 heteroatoms. The summed E-state index contributed by atoms with van der Waals surface area (Å²) >= 11 is 5.86. The predicted octanol–water partition coefficient (Wildman–Crippen LogP) is 2.82. The fraction of sp³-hybridized carbons (Fsp3) is 0.263. The van der Waals surface area contributed by atoms with Crippen molar-refractivity contribution in [2.24, 2.45) is 0 Å². The first kappa shape index (κ1) is 16.9. The SMILES string of the molecule is O=C(NC1CC(Oc2ccc(Cl)cc2)C1)c1cnc2c(CO)cccn12. The first-order valence-corrected chi connectivity index (χ1v) is 8.80. The molecule has 2 N–H and O–H groups in total. The van der Waals surface area contributed by atoms with E-state index in [4.69, 9.17) is 16.3 Å². The molecule has 1 amide bonds. The predicted molar refractivity (Wildman–Crippen MR) is 97.5 cm³/mol. The molecule has 0 bridgehead atoms. The molecule has 0 unspecified atom stereocenters. The van der Waals surface area contributed by atoms with Gasteiger partial charge in [0.25, 0.3) is 5.91 Å². The smallest absolute Gasteiger partial charge is 0.270 e. The highest BCUT2D eigenvalue weighted by Crippen LogP contribution is 2.27. The van der Waals surface area contributed by atoms with Gasteiger partial charge >= 0.3 is 0 Å². The number of ether oxygens (including phenoxy) is 1. The first-order chi connectivity index (χ1) is 12.6. The Labute approximate surface area is 155 Å². The Kier molecular flexibility index (Phi) is 4.53. The van der Waals surface area contributed by atoms with Crippen LogP contribution >= 0.6 is 11.6 Å². The highest BCUT2D eigenvalue weighted by atomic mass is 35.5. The van der Waals surface area contributed by atoms with Crippen LogP contribution in [0.4, 0.5) is 0 Å². The number of halogens is 1. The van der Waals surface area contributed by atoms with Crippen LogP contribution in [0.3, 0.4) is 0 Å². The minimum atomic E-state index is -0.178. The molecule has 3 aromatic rings. The first-order valence-electron chi connectivity index (χ1n) is 8.43. The molecule has 0 atom stereocenters. The summed E-state index contributed by atoms with van der Waals surface area (Å²) in [6.45, 7) is -0.116. The van der Waals surface area contributed by atoms with Crippen LogP contribution in [0.15, 0.2) is 48.8 Å². The van der Waals surface area contributed by atoms with Gasteiger partial charge in [-0.15, -0.1) is 0 Å². The molecule has 1 aromatic carbocycles. The standard InChI is InChI=1S/C19H18ClN3O3/c20-13-3-5-15(6-4-13)26-16-8-14(9-16)22-19(25)17-10-21-18-12(11-24)2-1-7-23(17)18/h1-7,10,14,16,24H,8-9,11H2,(H,22,25). The molecular weight excluding hydrogens is 354 g/mol. The van der Waals surface area contributed by atoms with Gasteiger partial charge < -0.3 is 15.2 Å². The van der Waals surface area contributed by atoms with Crippen molar-refractivity contribution in [3.05, 3.63) is 65.1 Å². The van der Waals surface area contributed by atoms with Crippen LogP contribution < -0.4 is 10.1 Å². The van der Waals surface area contributed by atoms with Crippen LogP contribution in [-0.2, 0) is 6.61 Å². The number of hydrogen-bond acceptors (Lipinski definition) is 4. The van der Waals surface area contributed by atoms with E-state index in [-0.39, 0.29) is 24.7 Å². The number of fused-ring (bicyclic) bond motifs is 1. The summed E-state index contributed by atoms with van der Waals surface area (Å²) in [7, 11) is 0. The quantitative estimate of drug-likeness (QED) is 0.723. The van der Waals surface area contributed by atoms with Gasteiger partial charge in [-0.2, -0.15) is 0 Å². The topological polar surface area (TPSA) is 75.9 Å². The highest BCUT2D eigenvalue weighted by molar-refractivity contribution is 6.30. The molecule has 26 heavy (non-hydrogen) atoms. The lowest BCUT2D eigenvalue weighted by Crippen LogP contribution is -2.49. The third-order valence-corrected chi connectivity index (χ3v) is 4.82. The lowest BCUT2D eigenvalue weighted by atomic mass is 9.89. The van der Waals surface area contributed by atoms with Crippen LogP contribution in [-0.4, -0.2) is 32.5 Å². The molecule has 4 rings (SSSR count). The van der Waals surface area contributed by atoms with Gasteiger partial charge in [0.1, 0.15) is 23.2 Å². The average Bonchev–Trinajstić information content (AvgIpc) is 3.05. The Bertz CT molecular complexity index is 933. The molecule has 0 aliphatic heterocycles. The van der Waals surface area contributed by atoms with E-state index in [9.17, 15) is 9.90 Å². The number of carbonyl (C=O) groups is 1. The Hall–Kier alpha value is -2.57.